The first-order valence-corrected chi connectivity index (χ1v) is 33.7. The fourth-order valence-corrected chi connectivity index (χ4v) is 9.15. The Kier molecular flexibility index (Phi) is 64.3. The Bertz CT molecular complexity index is 1720. The maximum absolute atomic E-state index is 12.9. The SMILES string of the molecule is CC/C=C\C/C=C\C/C=C\C/C=C\C/C=C\C/C=C\C/C=C\CCCC(=O)OC(COC(=O)CCCCC/C=C\C/C=C\C/C=C\CC)COC(=O)CCCCCCCCCCCCCCCCC/C=C\CCCCCCCCCC. The highest BCUT2D eigenvalue weighted by Gasteiger charge is 2.19. The predicted octanol–water partition coefficient (Wildman–Crippen LogP) is 23.3. The number of rotatable bonds is 60. The number of unbranched alkanes of at least 4 members (excludes halogenated alkanes) is 27. The van der Waals surface area contributed by atoms with E-state index in [1.54, 1.807) is 0 Å². The molecular weight excluding hydrogens is 997 g/mol. The zero-order valence-electron chi connectivity index (χ0n) is 52.8. The van der Waals surface area contributed by atoms with E-state index in [-0.39, 0.29) is 37.5 Å². The molecule has 6 nitrogen and oxygen atoms in total. The molecule has 81 heavy (non-hydrogen) atoms. The smallest absolute Gasteiger partial charge is 0.306 e. The molecule has 0 heterocycles. The number of esters is 3. The molecule has 0 aromatic rings. The van der Waals surface area contributed by atoms with Gasteiger partial charge in [-0.1, -0.05) is 289 Å². The van der Waals surface area contributed by atoms with Crippen LogP contribution in [0.5, 0.6) is 0 Å². The third kappa shape index (κ3) is 66.2. The van der Waals surface area contributed by atoms with Crippen LogP contribution in [0.1, 0.15) is 303 Å². The van der Waals surface area contributed by atoms with Gasteiger partial charge in [-0.05, 0) is 128 Å². The first-order chi connectivity index (χ1) is 40.0. The molecule has 0 radical (unpaired) electrons. The Morgan fingerprint density at radius 3 is 0.815 bits per heavy atom. The molecule has 0 N–H and O–H groups in total. The van der Waals surface area contributed by atoms with Crippen molar-refractivity contribution in [2.75, 3.05) is 13.2 Å². The molecule has 0 rings (SSSR count). The monoisotopic (exact) mass is 1120 g/mol. The quantitative estimate of drug-likeness (QED) is 0.0261. The molecule has 0 saturated carbocycles. The first-order valence-electron chi connectivity index (χ1n) is 33.7. The van der Waals surface area contributed by atoms with Crippen molar-refractivity contribution in [2.24, 2.45) is 0 Å². The zero-order chi connectivity index (χ0) is 58.5. The number of carbonyl (C=O) groups is 3. The molecule has 0 aromatic heterocycles. The molecule has 1 unspecified atom stereocenters. The van der Waals surface area contributed by atoms with Crippen LogP contribution in [0.3, 0.4) is 0 Å². The van der Waals surface area contributed by atoms with E-state index in [4.69, 9.17) is 14.2 Å². The molecule has 6 heteroatoms. The van der Waals surface area contributed by atoms with Crippen molar-refractivity contribution in [1.82, 2.24) is 0 Å². The number of carbonyl (C=O) groups excluding carboxylic acids is 3. The van der Waals surface area contributed by atoms with E-state index in [9.17, 15) is 14.4 Å². The fraction of sp³-hybridized carbons (Fsp3) is 0.667. The van der Waals surface area contributed by atoms with Gasteiger partial charge in [0.1, 0.15) is 13.2 Å². The summed E-state index contributed by atoms with van der Waals surface area (Å²) in [6.45, 7) is 6.36. The summed E-state index contributed by atoms with van der Waals surface area (Å²) in [5.74, 6) is -1.00. The van der Waals surface area contributed by atoms with Crippen LogP contribution in [-0.4, -0.2) is 37.2 Å². The summed E-state index contributed by atoms with van der Waals surface area (Å²) in [4.78, 5) is 38.3. The minimum Gasteiger partial charge on any atom is -0.462 e. The molecule has 0 saturated heterocycles. The number of hydrogen-bond donors (Lipinski definition) is 0. The summed E-state index contributed by atoms with van der Waals surface area (Å²) in [5.41, 5.74) is 0. The van der Waals surface area contributed by atoms with Crippen molar-refractivity contribution in [3.05, 3.63) is 134 Å². The van der Waals surface area contributed by atoms with Crippen LogP contribution in [0.2, 0.25) is 0 Å². The van der Waals surface area contributed by atoms with E-state index < -0.39 is 6.10 Å². The second-order valence-corrected chi connectivity index (χ2v) is 22.0. The van der Waals surface area contributed by atoms with Gasteiger partial charge in [-0.2, -0.15) is 0 Å². The molecule has 0 aliphatic heterocycles. The van der Waals surface area contributed by atoms with Gasteiger partial charge in [0.25, 0.3) is 0 Å². The maximum atomic E-state index is 12.9. The van der Waals surface area contributed by atoms with Gasteiger partial charge in [-0.15, -0.1) is 0 Å². The van der Waals surface area contributed by atoms with E-state index in [1.807, 2.05) is 0 Å². The summed E-state index contributed by atoms with van der Waals surface area (Å²) in [5, 5.41) is 0. The summed E-state index contributed by atoms with van der Waals surface area (Å²) in [6.07, 6.45) is 96.3. The standard InChI is InChI=1S/C75H124O6/c1-4-7-10-13-16-19-22-25-27-29-31-33-35-36-37-38-40-41-43-45-47-50-53-56-59-62-65-68-74(77)80-71-72(70-79-73(76)67-64-61-58-55-52-49-24-21-18-15-12-9-6-3)81-75(78)69-66-63-60-57-54-51-48-46-44-42-39-34-32-30-28-26-23-20-17-14-11-8-5-2/h8-9,11-12,17-18,20-21,26,28-29,31-32,34,42,44,48-49,51-52,57,60,72H,4-7,10,13-16,19,22-25,27,30,33,35-41,43,45-47,50,53-56,58-59,61-71H2,1-3H3/b11-8-,12-9-,20-17-,21-18-,28-26-,31-29-,34-32-,44-42-,51-48-,52-49-,60-57-. The van der Waals surface area contributed by atoms with Crippen LogP contribution in [-0.2, 0) is 28.6 Å². The van der Waals surface area contributed by atoms with Crippen molar-refractivity contribution in [3.63, 3.8) is 0 Å². The van der Waals surface area contributed by atoms with Crippen LogP contribution in [0, 0.1) is 0 Å². The maximum Gasteiger partial charge on any atom is 0.306 e. The van der Waals surface area contributed by atoms with Crippen LogP contribution < -0.4 is 0 Å². The van der Waals surface area contributed by atoms with Crippen LogP contribution in [0.15, 0.2) is 134 Å². The van der Waals surface area contributed by atoms with Gasteiger partial charge in [-0.25, -0.2) is 0 Å². The summed E-state index contributed by atoms with van der Waals surface area (Å²) < 4.78 is 16.9. The Morgan fingerprint density at radius 1 is 0.259 bits per heavy atom. The average molecular weight is 1120 g/mol. The van der Waals surface area contributed by atoms with Crippen molar-refractivity contribution in [1.29, 1.82) is 0 Å². The van der Waals surface area contributed by atoms with E-state index >= 15 is 0 Å². The first kappa shape index (κ1) is 76.5. The lowest BCUT2D eigenvalue weighted by molar-refractivity contribution is -0.167. The normalized spacial score (nSPS) is 13.0. The van der Waals surface area contributed by atoms with Crippen LogP contribution in [0.4, 0.5) is 0 Å². The Morgan fingerprint density at radius 2 is 0.494 bits per heavy atom. The summed E-state index contributed by atoms with van der Waals surface area (Å²) in [7, 11) is 0. The van der Waals surface area contributed by atoms with E-state index in [2.05, 4.69) is 154 Å². The van der Waals surface area contributed by atoms with Gasteiger partial charge in [0.15, 0.2) is 6.10 Å². The average Bonchev–Trinajstić information content (AvgIpc) is 3.46. The van der Waals surface area contributed by atoms with Gasteiger partial charge < -0.3 is 14.2 Å². The minimum absolute atomic E-state index is 0.113. The number of hydrogen-bond acceptors (Lipinski definition) is 6. The fourth-order valence-electron chi connectivity index (χ4n) is 9.15. The highest BCUT2D eigenvalue weighted by atomic mass is 16.6. The molecule has 0 fully saturated rings. The topological polar surface area (TPSA) is 78.9 Å². The molecule has 1 atom stereocenters. The van der Waals surface area contributed by atoms with E-state index in [1.165, 1.54) is 141 Å². The lowest BCUT2D eigenvalue weighted by Crippen LogP contribution is -2.30. The van der Waals surface area contributed by atoms with E-state index in [0.717, 1.165) is 116 Å². The zero-order valence-corrected chi connectivity index (χ0v) is 52.8. The molecule has 0 bridgehead atoms. The number of ether oxygens (including phenoxy) is 3. The predicted molar refractivity (Wildman–Crippen MR) is 353 cm³/mol. The lowest BCUT2D eigenvalue weighted by Gasteiger charge is -2.18. The molecular formula is C75H124O6. The molecule has 0 aromatic carbocycles. The molecule has 0 aliphatic rings. The second-order valence-electron chi connectivity index (χ2n) is 22.0. The Hall–Kier alpha value is -4.45. The van der Waals surface area contributed by atoms with Gasteiger partial charge in [0, 0.05) is 19.3 Å². The van der Waals surface area contributed by atoms with Crippen molar-refractivity contribution >= 4 is 17.9 Å². The minimum atomic E-state index is -0.826. The van der Waals surface area contributed by atoms with Gasteiger partial charge in [-0.3, -0.25) is 14.4 Å². The number of allylic oxidation sites excluding steroid dienone is 22. The van der Waals surface area contributed by atoms with Crippen LogP contribution >= 0.6 is 0 Å². The van der Waals surface area contributed by atoms with Gasteiger partial charge >= 0.3 is 17.9 Å². The molecule has 0 amide bonds. The summed E-state index contributed by atoms with van der Waals surface area (Å²) >= 11 is 0. The van der Waals surface area contributed by atoms with Crippen molar-refractivity contribution < 1.29 is 28.6 Å². The van der Waals surface area contributed by atoms with Crippen molar-refractivity contribution in [2.45, 2.75) is 309 Å². The second kappa shape index (κ2) is 68.1. The lowest BCUT2D eigenvalue weighted by atomic mass is 10.0. The third-order valence-electron chi connectivity index (χ3n) is 14.1. The van der Waals surface area contributed by atoms with Gasteiger partial charge in [0.2, 0.25) is 0 Å². The Labute approximate surface area is 500 Å². The third-order valence-corrected chi connectivity index (χ3v) is 14.1. The largest absolute Gasteiger partial charge is 0.462 e. The highest BCUT2D eigenvalue weighted by molar-refractivity contribution is 5.71. The van der Waals surface area contributed by atoms with Crippen molar-refractivity contribution in [3.8, 4) is 0 Å². The molecule has 460 valence electrons. The highest BCUT2D eigenvalue weighted by Crippen LogP contribution is 2.16. The summed E-state index contributed by atoms with van der Waals surface area (Å²) in [6, 6.07) is 0. The van der Waals surface area contributed by atoms with Gasteiger partial charge in [0.05, 0.1) is 0 Å². The van der Waals surface area contributed by atoms with Crippen LogP contribution in [0.25, 0.3) is 0 Å². The molecule has 0 spiro atoms. The Balaban J connectivity index is 4.39. The molecule has 0 aliphatic carbocycles. The van der Waals surface area contributed by atoms with E-state index in [0.29, 0.717) is 19.3 Å².